The van der Waals surface area contributed by atoms with E-state index in [1.165, 1.54) is 0 Å². The fourth-order valence-electron chi connectivity index (χ4n) is 1.40. The maximum absolute atomic E-state index is 5.88. The lowest BCUT2D eigenvalue weighted by Crippen LogP contribution is -2.19. The minimum absolute atomic E-state index is 0.532. The molecule has 0 aliphatic carbocycles. The molecule has 0 heterocycles. The van der Waals surface area contributed by atoms with Crippen LogP contribution < -0.4 is 10.6 Å². The first-order valence-electron chi connectivity index (χ1n) is 5.23. The molecule has 0 fully saturated rings. The van der Waals surface area contributed by atoms with Crippen molar-refractivity contribution >= 4 is 56.2 Å². The quantitative estimate of drug-likeness (QED) is 0.759. The van der Waals surface area contributed by atoms with Gasteiger partial charge in [-0.25, -0.2) is 0 Å². The molecule has 0 aliphatic rings. The zero-order valence-electron chi connectivity index (χ0n) is 9.28. The molecule has 2 aromatic carbocycles. The van der Waals surface area contributed by atoms with Gasteiger partial charge in [0.1, 0.15) is 0 Å². The van der Waals surface area contributed by atoms with Crippen molar-refractivity contribution in [2.24, 2.45) is 0 Å². The summed E-state index contributed by atoms with van der Waals surface area (Å²) in [6.45, 7) is 0. The van der Waals surface area contributed by atoms with Crippen LogP contribution in [0.15, 0.2) is 53.0 Å². The average Bonchev–Trinajstić information content (AvgIpc) is 2.34. The summed E-state index contributed by atoms with van der Waals surface area (Å²) < 4.78 is 0.868. The van der Waals surface area contributed by atoms with Crippen LogP contribution in [0.25, 0.3) is 0 Å². The number of thiocarbonyl (C=S) groups is 1. The third kappa shape index (κ3) is 3.70. The first-order valence-corrected chi connectivity index (χ1v) is 6.81. The van der Waals surface area contributed by atoms with Gasteiger partial charge in [-0.15, -0.1) is 0 Å². The topological polar surface area (TPSA) is 24.1 Å². The maximum atomic E-state index is 5.88. The van der Waals surface area contributed by atoms with E-state index in [1.54, 1.807) is 6.07 Å². The van der Waals surface area contributed by atoms with Crippen LogP contribution in [-0.4, -0.2) is 5.11 Å². The number of halogens is 2. The van der Waals surface area contributed by atoms with Crippen LogP contribution in [0.2, 0.25) is 5.02 Å². The van der Waals surface area contributed by atoms with Crippen molar-refractivity contribution in [3.8, 4) is 0 Å². The predicted molar refractivity (Wildman–Crippen MR) is 85.4 cm³/mol. The lowest BCUT2D eigenvalue weighted by atomic mass is 10.3. The number of hydrogen-bond acceptors (Lipinski definition) is 1. The van der Waals surface area contributed by atoms with Gasteiger partial charge >= 0.3 is 0 Å². The fourth-order valence-corrected chi connectivity index (χ4v) is 2.41. The van der Waals surface area contributed by atoms with Crippen LogP contribution in [0.1, 0.15) is 0 Å². The predicted octanol–water partition coefficient (Wildman–Crippen LogP) is 4.91. The highest BCUT2D eigenvalue weighted by molar-refractivity contribution is 9.10. The first kappa shape index (κ1) is 13.3. The molecule has 0 atom stereocenters. The van der Waals surface area contributed by atoms with Gasteiger partial charge in [-0.3, -0.25) is 0 Å². The summed E-state index contributed by atoms with van der Waals surface area (Å²) in [5.41, 5.74) is 1.81. The first-order chi connectivity index (χ1) is 8.65. The Balaban J connectivity index is 2.03. The third-order valence-electron chi connectivity index (χ3n) is 2.21. The number of para-hydroxylation sites is 1. The van der Waals surface area contributed by atoms with Gasteiger partial charge in [0.25, 0.3) is 0 Å². The van der Waals surface area contributed by atoms with Gasteiger partial charge in [0.05, 0.1) is 5.69 Å². The number of nitrogens with one attached hydrogen (secondary N) is 2. The van der Waals surface area contributed by atoms with Crippen molar-refractivity contribution in [3.63, 3.8) is 0 Å². The van der Waals surface area contributed by atoms with Crippen LogP contribution in [0.4, 0.5) is 11.4 Å². The summed E-state index contributed by atoms with van der Waals surface area (Å²) in [5.74, 6) is 0. The SMILES string of the molecule is S=C(Nc1ccccc1)Nc1ccc(Cl)cc1Br. The molecule has 0 saturated carbocycles. The Morgan fingerprint density at radius 3 is 2.44 bits per heavy atom. The maximum Gasteiger partial charge on any atom is 0.175 e. The average molecular weight is 342 g/mol. The Morgan fingerprint density at radius 1 is 1.06 bits per heavy atom. The Bertz CT molecular complexity index is 560. The molecule has 2 aromatic rings. The number of benzene rings is 2. The van der Waals surface area contributed by atoms with Crippen molar-refractivity contribution in [1.29, 1.82) is 0 Å². The molecule has 2 rings (SSSR count). The summed E-state index contributed by atoms with van der Waals surface area (Å²) in [6, 6.07) is 15.2. The molecule has 0 aromatic heterocycles. The molecular formula is C13H10BrClN2S. The van der Waals surface area contributed by atoms with E-state index >= 15 is 0 Å². The van der Waals surface area contributed by atoms with Crippen molar-refractivity contribution < 1.29 is 0 Å². The molecule has 5 heteroatoms. The van der Waals surface area contributed by atoms with Crippen LogP contribution in [-0.2, 0) is 0 Å². The van der Waals surface area contributed by atoms with Crippen LogP contribution >= 0.6 is 39.7 Å². The lowest BCUT2D eigenvalue weighted by molar-refractivity contribution is 1.57. The molecule has 18 heavy (non-hydrogen) atoms. The highest BCUT2D eigenvalue weighted by Gasteiger charge is 2.03. The molecule has 92 valence electrons. The number of hydrogen-bond donors (Lipinski definition) is 2. The molecule has 0 unspecified atom stereocenters. The summed E-state index contributed by atoms with van der Waals surface area (Å²) in [5, 5.41) is 7.41. The normalized spacial score (nSPS) is 9.89. The van der Waals surface area contributed by atoms with E-state index in [-0.39, 0.29) is 0 Å². The molecule has 2 nitrogen and oxygen atoms in total. The highest BCUT2D eigenvalue weighted by atomic mass is 79.9. The zero-order valence-corrected chi connectivity index (χ0v) is 12.4. The molecule has 0 bridgehead atoms. The van der Waals surface area contributed by atoms with E-state index in [4.69, 9.17) is 23.8 Å². The minimum atomic E-state index is 0.532. The smallest absolute Gasteiger partial charge is 0.175 e. The Kier molecular flexibility index (Phi) is 4.58. The van der Waals surface area contributed by atoms with Gasteiger partial charge in [-0.2, -0.15) is 0 Å². The van der Waals surface area contributed by atoms with Gasteiger partial charge in [-0.1, -0.05) is 29.8 Å². The fraction of sp³-hybridized carbons (Fsp3) is 0. The van der Waals surface area contributed by atoms with E-state index in [2.05, 4.69) is 26.6 Å². The van der Waals surface area contributed by atoms with E-state index in [0.717, 1.165) is 15.8 Å². The van der Waals surface area contributed by atoms with E-state index < -0.39 is 0 Å². The molecule has 2 N–H and O–H groups in total. The zero-order chi connectivity index (χ0) is 13.0. The van der Waals surface area contributed by atoms with Gasteiger partial charge in [0, 0.05) is 15.2 Å². The van der Waals surface area contributed by atoms with E-state index in [1.807, 2.05) is 42.5 Å². The lowest BCUT2D eigenvalue weighted by Gasteiger charge is -2.11. The van der Waals surface area contributed by atoms with Crippen molar-refractivity contribution in [2.75, 3.05) is 10.6 Å². The second kappa shape index (κ2) is 6.18. The highest BCUT2D eigenvalue weighted by Crippen LogP contribution is 2.26. The van der Waals surface area contributed by atoms with Gasteiger partial charge < -0.3 is 10.6 Å². The van der Waals surface area contributed by atoms with E-state index in [9.17, 15) is 0 Å². The van der Waals surface area contributed by atoms with Crippen LogP contribution in [0.5, 0.6) is 0 Å². The summed E-state index contributed by atoms with van der Waals surface area (Å²) >= 11 is 14.5. The Morgan fingerprint density at radius 2 is 1.78 bits per heavy atom. The van der Waals surface area contributed by atoms with Crippen LogP contribution in [0.3, 0.4) is 0 Å². The molecular weight excluding hydrogens is 332 g/mol. The Labute approximate surface area is 124 Å². The standard InChI is InChI=1S/C13H10BrClN2S/c14-11-8-9(15)6-7-12(11)17-13(18)16-10-4-2-1-3-5-10/h1-8H,(H2,16,17,18). The summed E-state index contributed by atoms with van der Waals surface area (Å²) in [6.07, 6.45) is 0. The molecule has 0 spiro atoms. The van der Waals surface area contributed by atoms with Crippen molar-refractivity contribution in [1.82, 2.24) is 0 Å². The molecule has 0 aliphatic heterocycles. The number of anilines is 2. The summed E-state index contributed by atoms with van der Waals surface area (Å²) in [4.78, 5) is 0. The monoisotopic (exact) mass is 340 g/mol. The molecule has 0 radical (unpaired) electrons. The van der Waals surface area contributed by atoms with Crippen molar-refractivity contribution in [3.05, 3.63) is 58.0 Å². The van der Waals surface area contributed by atoms with Crippen LogP contribution in [0, 0.1) is 0 Å². The second-order valence-corrected chi connectivity index (χ2v) is 5.27. The van der Waals surface area contributed by atoms with Gasteiger partial charge in [0.15, 0.2) is 5.11 Å². The van der Waals surface area contributed by atoms with Crippen molar-refractivity contribution in [2.45, 2.75) is 0 Å². The van der Waals surface area contributed by atoms with E-state index in [0.29, 0.717) is 10.1 Å². The largest absolute Gasteiger partial charge is 0.332 e. The van der Waals surface area contributed by atoms with Gasteiger partial charge in [-0.05, 0) is 58.5 Å². The third-order valence-corrected chi connectivity index (χ3v) is 3.31. The number of rotatable bonds is 2. The van der Waals surface area contributed by atoms with Gasteiger partial charge in [0.2, 0.25) is 0 Å². The Hall–Kier alpha value is -1.10. The molecule has 0 saturated heterocycles. The minimum Gasteiger partial charge on any atom is -0.332 e. The summed E-state index contributed by atoms with van der Waals surface area (Å²) in [7, 11) is 0. The molecule has 0 amide bonds. The second-order valence-electron chi connectivity index (χ2n) is 3.57.